The van der Waals surface area contributed by atoms with E-state index in [-0.39, 0.29) is 18.1 Å². The van der Waals surface area contributed by atoms with Crippen LogP contribution in [-0.4, -0.2) is 64.7 Å². The molecule has 0 saturated heterocycles. The predicted octanol–water partition coefficient (Wildman–Crippen LogP) is 3.46. The van der Waals surface area contributed by atoms with Gasteiger partial charge in [0.1, 0.15) is 12.6 Å². The molecule has 11 heteroatoms. The molecule has 0 spiro atoms. The first kappa shape index (κ1) is 29.3. The minimum absolute atomic E-state index is 0.109. The Balaban J connectivity index is 2.46. The van der Waals surface area contributed by atoms with Gasteiger partial charge in [0.2, 0.25) is 21.8 Å². The van der Waals surface area contributed by atoms with E-state index in [1.807, 2.05) is 6.92 Å². The van der Waals surface area contributed by atoms with Crippen LogP contribution in [-0.2, 0) is 26.2 Å². The Labute approximate surface area is 218 Å². The van der Waals surface area contributed by atoms with Crippen molar-refractivity contribution in [3.8, 4) is 11.5 Å². The second-order valence-corrected chi connectivity index (χ2v) is 10.5. The Kier molecular flexibility index (Phi) is 10.9. The molecule has 0 heterocycles. The molecule has 0 aliphatic heterocycles. The van der Waals surface area contributed by atoms with Gasteiger partial charge in [-0.05, 0) is 42.7 Å². The summed E-state index contributed by atoms with van der Waals surface area (Å²) >= 11 is 6.00. The van der Waals surface area contributed by atoms with Crippen LogP contribution < -0.4 is 19.1 Å². The Morgan fingerprint density at radius 3 is 2.19 bits per heavy atom. The number of carbonyl (C=O) groups is 2. The van der Waals surface area contributed by atoms with Gasteiger partial charge in [-0.3, -0.25) is 13.9 Å². The van der Waals surface area contributed by atoms with Gasteiger partial charge in [-0.2, -0.15) is 0 Å². The fraction of sp³-hybridized carbons (Fsp3) is 0.440. The number of hydrogen-bond acceptors (Lipinski definition) is 6. The molecule has 1 N–H and O–H groups in total. The van der Waals surface area contributed by atoms with Gasteiger partial charge in [-0.25, -0.2) is 8.42 Å². The molecule has 0 radical (unpaired) electrons. The second-order valence-electron chi connectivity index (χ2n) is 8.17. The van der Waals surface area contributed by atoms with Crippen LogP contribution in [0.25, 0.3) is 0 Å². The van der Waals surface area contributed by atoms with Crippen molar-refractivity contribution in [2.45, 2.75) is 39.3 Å². The Bertz CT molecular complexity index is 1140. The molecule has 2 aromatic carbocycles. The first-order valence-electron chi connectivity index (χ1n) is 11.6. The third-order valence-corrected chi connectivity index (χ3v) is 6.93. The first-order chi connectivity index (χ1) is 17.0. The molecule has 0 aromatic heterocycles. The van der Waals surface area contributed by atoms with Crippen LogP contribution >= 0.6 is 11.6 Å². The standard InChI is InChI=1S/C25H34ClN3O6S/c1-6-14-27-25(31)21(7-2)28(16-18-8-10-19(26)11-9-18)24(30)17-29(36(5,32)33)20-12-13-22(34-3)23(15-20)35-4/h8-13,15,21H,6-7,14,16-17H2,1-5H3,(H,27,31)/t21-/m1/s1. The van der Waals surface area contributed by atoms with Gasteiger partial charge in [-0.15, -0.1) is 0 Å². The summed E-state index contributed by atoms with van der Waals surface area (Å²) in [6, 6.07) is 10.7. The number of amides is 2. The Hall–Kier alpha value is -2.98. The molecular formula is C25H34ClN3O6S. The largest absolute Gasteiger partial charge is 0.493 e. The summed E-state index contributed by atoms with van der Waals surface area (Å²) in [6.07, 6.45) is 2.12. The van der Waals surface area contributed by atoms with Crippen molar-refractivity contribution in [1.29, 1.82) is 0 Å². The number of nitrogens with zero attached hydrogens (tertiary/aromatic N) is 2. The van der Waals surface area contributed by atoms with E-state index < -0.39 is 28.5 Å². The van der Waals surface area contributed by atoms with Crippen molar-refractivity contribution in [2.75, 3.05) is 37.9 Å². The molecule has 2 rings (SSSR count). The zero-order valence-corrected chi connectivity index (χ0v) is 22.9. The summed E-state index contributed by atoms with van der Waals surface area (Å²) in [5.74, 6) is -0.0779. The number of halogens is 1. The number of sulfonamides is 1. The van der Waals surface area contributed by atoms with Crippen LogP contribution in [0.3, 0.4) is 0 Å². The number of ether oxygens (including phenoxy) is 2. The first-order valence-corrected chi connectivity index (χ1v) is 13.8. The maximum absolute atomic E-state index is 13.7. The lowest BCUT2D eigenvalue weighted by Crippen LogP contribution is -2.52. The summed E-state index contributed by atoms with van der Waals surface area (Å²) in [4.78, 5) is 28.0. The highest BCUT2D eigenvalue weighted by atomic mass is 35.5. The van der Waals surface area contributed by atoms with Crippen molar-refractivity contribution in [2.24, 2.45) is 0 Å². The van der Waals surface area contributed by atoms with E-state index in [1.165, 1.54) is 31.3 Å². The number of rotatable bonds is 13. The lowest BCUT2D eigenvalue weighted by molar-refractivity contribution is -0.140. The van der Waals surface area contributed by atoms with Gasteiger partial charge in [0.05, 0.1) is 26.2 Å². The van der Waals surface area contributed by atoms with Crippen LogP contribution in [0.5, 0.6) is 11.5 Å². The van der Waals surface area contributed by atoms with Gasteiger partial charge in [0.15, 0.2) is 11.5 Å². The van der Waals surface area contributed by atoms with Crippen LogP contribution in [0.1, 0.15) is 32.3 Å². The van der Waals surface area contributed by atoms with E-state index in [0.717, 1.165) is 22.5 Å². The van der Waals surface area contributed by atoms with E-state index in [2.05, 4.69) is 5.32 Å². The molecule has 0 bridgehead atoms. The number of nitrogens with one attached hydrogen (secondary N) is 1. The molecule has 0 aliphatic rings. The molecule has 198 valence electrons. The number of methoxy groups -OCH3 is 2. The Morgan fingerprint density at radius 2 is 1.67 bits per heavy atom. The third-order valence-electron chi connectivity index (χ3n) is 5.54. The maximum Gasteiger partial charge on any atom is 0.244 e. The van der Waals surface area contributed by atoms with Gasteiger partial charge in [0.25, 0.3) is 0 Å². The van der Waals surface area contributed by atoms with Crippen LogP contribution in [0, 0.1) is 0 Å². The number of anilines is 1. The molecule has 9 nitrogen and oxygen atoms in total. The van der Waals surface area contributed by atoms with Crippen molar-refractivity contribution >= 4 is 39.1 Å². The van der Waals surface area contributed by atoms with Crippen LogP contribution in [0.2, 0.25) is 5.02 Å². The zero-order valence-electron chi connectivity index (χ0n) is 21.3. The highest BCUT2D eigenvalue weighted by Gasteiger charge is 2.31. The molecule has 0 aliphatic carbocycles. The summed E-state index contributed by atoms with van der Waals surface area (Å²) in [7, 11) is -0.958. The lowest BCUT2D eigenvalue weighted by atomic mass is 10.1. The lowest BCUT2D eigenvalue weighted by Gasteiger charge is -2.33. The van der Waals surface area contributed by atoms with E-state index in [4.69, 9.17) is 21.1 Å². The van der Waals surface area contributed by atoms with Crippen molar-refractivity contribution in [1.82, 2.24) is 10.2 Å². The average Bonchev–Trinajstić information content (AvgIpc) is 2.85. The zero-order chi connectivity index (χ0) is 26.9. The molecule has 2 aromatic rings. The van der Waals surface area contributed by atoms with E-state index >= 15 is 0 Å². The topological polar surface area (TPSA) is 105 Å². The third kappa shape index (κ3) is 7.76. The molecule has 0 unspecified atom stereocenters. The fourth-order valence-corrected chi connectivity index (χ4v) is 4.63. The normalized spacial score (nSPS) is 11.9. The minimum atomic E-state index is -3.86. The predicted molar refractivity (Wildman–Crippen MR) is 141 cm³/mol. The van der Waals surface area contributed by atoms with E-state index in [0.29, 0.717) is 29.5 Å². The smallest absolute Gasteiger partial charge is 0.244 e. The fourth-order valence-electron chi connectivity index (χ4n) is 3.67. The Morgan fingerprint density at radius 1 is 1.03 bits per heavy atom. The van der Waals surface area contributed by atoms with Crippen LogP contribution in [0.4, 0.5) is 5.69 Å². The highest BCUT2D eigenvalue weighted by Crippen LogP contribution is 2.32. The number of hydrogen-bond donors (Lipinski definition) is 1. The van der Waals surface area contributed by atoms with E-state index in [1.54, 1.807) is 37.3 Å². The van der Waals surface area contributed by atoms with E-state index in [9.17, 15) is 18.0 Å². The van der Waals surface area contributed by atoms with Crippen molar-refractivity contribution in [3.05, 3.63) is 53.1 Å². The monoisotopic (exact) mass is 539 g/mol. The molecular weight excluding hydrogens is 506 g/mol. The van der Waals surface area contributed by atoms with Crippen LogP contribution in [0.15, 0.2) is 42.5 Å². The van der Waals surface area contributed by atoms with Crippen molar-refractivity contribution in [3.63, 3.8) is 0 Å². The van der Waals surface area contributed by atoms with Gasteiger partial charge < -0.3 is 19.7 Å². The quantitative estimate of drug-likeness (QED) is 0.418. The molecule has 2 amide bonds. The number of benzene rings is 2. The molecule has 36 heavy (non-hydrogen) atoms. The molecule has 0 saturated carbocycles. The summed E-state index contributed by atoms with van der Waals surface area (Å²) in [5, 5.41) is 3.38. The minimum Gasteiger partial charge on any atom is -0.493 e. The summed E-state index contributed by atoms with van der Waals surface area (Å²) in [6.45, 7) is 3.82. The SMILES string of the molecule is CCCNC(=O)[C@@H](CC)N(Cc1ccc(Cl)cc1)C(=O)CN(c1ccc(OC)c(OC)c1)S(C)(=O)=O. The maximum atomic E-state index is 13.7. The van der Waals surface area contributed by atoms with Crippen molar-refractivity contribution < 1.29 is 27.5 Å². The summed E-state index contributed by atoms with van der Waals surface area (Å²) in [5.41, 5.74) is 0.991. The summed E-state index contributed by atoms with van der Waals surface area (Å²) < 4.78 is 37.0. The number of carbonyl (C=O) groups excluding carboxylic acids is 2. The van der Waals surface area contributed by atoms with Gasteiger partial charge in [0, 0.05) is 24.2 Å². The van der Waals surface area contributed by atoms with Gasteiger partial charge in [-0.1, -0.05) is 37.6 Å². The molecule has 0 fully saturated rings. The average molecular weight is 540 g/mol. The van der Waals surface area contributed by atoms with Gasteiger partial charge >= 0.3 is 0 Å². The highest BCUT2D eigenvalue weighted by molar-refractivity contribution is 7.92. The molecule has 1 atom stereocenters. The second kappa shape index (κ2) is 13.4.